The van der Waals surface area contributed by atoms with Crippen molar-refractivity contribution in [3.8, 4) is 5.69 Å². The van der Waals surface area contributed by atoms with E-state index in [0.29, 0.717) is 16.9 Å². The lowest BCUT2D eigenvalue weighted by atomic mass is 9.72. The second-order valence-corrected chi connectivity index (χ2v) is 12.8. The molecule has 1 spiro atoms. The lowest BCUT2D eigenvalue weighted by Gasteiger charge is -2.45. The van der Waals surface area contributed by atoms with E-state index < -0.39 is 0 Å². The van der Waals surface area contributed by atoms with Gasteiger partial charge in [0.15, 0.2) is 5.82 Å². The molecule has 0 aromatic carbocycles. The van der Waals surface area contributed by atoms with Crippen molar-refractivity contribution in [2.75, 3.05) is 38.2 Å². The highest BCUT2D eigenvalue weighted by atomic mass is 16.5. The monoisotopic (exact) mass is 478 g/mol. The maximum absolute atomic E-state index is 5.72. The van der Waals surface area contributed by atoms with E-state index in [2.05, 4.69) is 58.0 Å². The first-order valence-electron chi connectivity index (χ1n) is 13.8. The van der Waals surface area contributed by atoms with Crippen LogP contribution in [0.4, 0.5) is 5.82 Å². The van der Waals surface area contributed by atoms with E-state index in [1.165, 1.54) is 83.1 Å². The summed E-state index contributed by atoms with van der Waals surface area (Å²) in [5, 5.41) is 17.2. The number of aryl methyl sites for hydroxylation is 1. The number of hydrogen-bond acceptors (Lipinski definition) is 6. The maximum Gasteiger partial charge on any atom is 0.151 e. The second kappa shape index (κ2) is 8.84. The number of rotatable bonds is 6. The van der Waals surface area contributed by atoms with Gasteiger partial charge in [-0.15, -0.1) is 5.10 Å². The molecule has 0 bridgehead atoms. The zero-order valence-corrected chi connectivity index (χ0v) is 21.9. The topological polar surface area (TPSA) is 68.1 Å². The molecule has 4 heterocycles. The minimum Gasteiger partial charge on any atom is -0.381 e. The number of likely N-dealkylation sites (tertiary alicyclic amines) is 1. The van der Waals surface area contributed by atoms with E-state index in [1.54, 1.807) is 0 Å². The largest absolute Gasteiger partial charge is 0.381 e. The van der Waals surface area contributed by atoms with Gasteiger partial charge in [-0.1, -0.05) is 13.8 Å². The lowest BCUT2D eigenvalue weighted by Crippen LogP contribution is -2.46. The first-order valence-corrected chi connectivity index (χ1v) is 13.8. The van der Waals surface area contributed by atoms with Gasteiger partial charge in [-0.05, 0) is 94.7 Å². The zero-order valence-electron chi connectivity index (χ0n) is 21.9. The molecule has 0 radical (unpaired) electrons. The van der Waals surface area contributed by atoms with Crippen LogP contribution in [0.2, 0.25) is 0 Å². The normalized spacial score (nSPS) is 30.0. The first-order chi connectivity index (χ1) is 16.8. The number of anilines is 1. The van der Waals surface area contributed by atoms with Gasteiger partial charge < -0.3 is 15.0 Å². The van der Waals surface area contributed by atoms with Gasteiger partial charge in [-0.2, -0.15) is 10.2 Å². The number of aromatic nitrogens is 4. The highest BCUT2D eigenvalue weighted by molar-refractivity contribution is 5.45. The third-order valence-electron chi connectivity index (χ3n) is 9.59. The Morgan fingerprint density at radius 2 is 1.80 bits per heavy atom. The van der Waals surface area contributed by atoms with Gasteiger partial charge in [0.05, 0.1) is 29.9 Å². The van der Waals surface area contributed by atoms with Crippen LogP contribution in [0.5, 0.6) is 0 Å². The standard InChI is InChI=1S/C28H42N6O/c1-21-16-24(27(3)8-9-27)34(32-21)23-17-25(31-29-18-23)30-22-4-6-26(2,7-5-22)19-33-13-10-28(11-14-33)12-15-35-20-28/h16-18,22H,4-15,19-20H2,1-3H3,(H,30,31). The molecular weight excluding hydrogens is 436 g/mol. The number of piperidine rings is 1. The van der Waals surface area contributed by atoms with Gasteiger partial charge >= 0.3 is 0 Å². The molecule has 35 heavy (non-hydrogen) atoms. The van der Waals surface area contributed by atoms with Crippen LogP contribution in [-0.4, -0.2) is 63.8 Å². The molecule has 4 fully saturated rings. The lowest BCUT2D eigenvalue weighted by molar-refractivity contribution is 0.0461. The van der Waals surface area contributed by atoms with Crippen molar-refractivity contribution in [3.05, 3.63) is 29.7 Å². The minimum atomic E-state index is 0.256. The average molecular weight is 479 g/mol. The summed E-state index contributed by atoms with van der Waals surface area (Å²) >= 11 is 0. The summed E-state index contributed by atoms with van der Waals surface area (Å²) in [4.78, 5) is 2.73. The van der Waals surface area contributed by atoms with Crippen LogP contribution >= 0.6 is 0 Å². The van der Waals surface area contributed by atoms with Crippen LogP contribution < -0.4 is 5.32 Å². The Morgan fingerprint density at radius 3 is 2.49 bits per heavy atom. The first kappa shape index (κ1) is 23.4. The SMILES string of the molecule is Cc1cc(C2(C)CC2)n(-c2cnnc(NC3CCC(C)(CN4CCC5(CCOC5)CC4)CC3)c2)n1. The Kier molecular flexibility index (Phi) is 5.91. The highest BCUT2D eigenvalue weighted by Crippen LogP contribution is 2.48. The fourth-order valence-electron chi connectivity index (χ4n) is 6.71. The molecule has 4 aliphatic rings. The van der Waals surface area contributed by atoms with E-state index in [0.717, 1.165) is 30.4 Å². The van der Waals surface area contributed by atoms with Crippen LogP contribution in [0.15, 0.2) is 18.3 Å². The molecule has 2 aliphatic heterocycles. The summed E-state index contributed by atoms with van der Waals surface area (Å²) < 4.78 is 7.80. The van der Waals surface area contributed by atoms with E-state index in [9.17, 15) is 0 Å². The molecule has 2 saturated carbocycles. The number of ether oxygens (including phenoxy) is 1. The molecule has 0 unspecified atom stereocenters. The third-order valence-corrected chi connectivity index (χ3v) is 9.59. The molecule has 6 rings (SSSR count). The summed E-state index contributed by atoms with van der Waals surface area (Å²) in [6.45, 7) is 12.6. The van der Waals surface area contributed by atoms with Crippen molar-refractivity contribution >= 4 is 5.82 Å². The van der Waals surface area contributed by atoms with Crippen LogP contribution in [0.25, 0.3) is 5.69 Å². The van der Waals surface area contributed by atoms with Crippen molar-refractivity contribution in [1.82, 2.24) is 24.9 Å². The van der Waals surface area contributed by atoms with Gasteiger partial charge in [0.2, 0.25) is 0 Å². The van der Waals surface area contributed by atoms with Crippen LogP contribution in [0.1, 0.15) is 83.0 Å². The number of hydrogen-bond donors (Lipinski definition) is 1. The summed E-state index contributed by atoms with van der Waals surface area (Å²) in [5.41, 5.74) is 4.54. The molecule has 7 nitrogen and oxygen atoms in total. The summed E-state index contributed by atoms with van der Waals surface area (Å²) in [6, 6.07) is 4.82. The molecule has 190 valence electrons. The quantitative estimate of drug-likeness (QED) is 0.638. The molecule has 2 aromatic rings. The smallest absolute Gasteiger partial charge is 0.151 e. The van der Waals surface area contributed by atoms with E-state index in [1.807, 2.05) is 6.20 Å². The predicted molar refractivity (Wildman–Crippen MR) is 138 cm³/mol. The molecule has 0 amide bonds. The Balaban J connectivity index is 1.04. The third kappa shape index (κ3) is 4.86. The van der Waals surface area contributed by atoms with Crippen molar-refractivity contribution in [1.29, 1.82) is 0 Å². The molecule has 2 saturated heterocycles. The van der Waals surface area contributed by atoms with Crippen LogP contribution in [0.3, 0.4) is 0 Å². The molecule has 2 aromatic heterocycles. The molecule has 2 aliphatic carbocycles. The number of nitrogens with one attached hydrogen (secondary N) is 1. The summed E-state index contributed by atoms with van der Waals surface area (Å²) in [7, 11) is 0. The Labute approximate surface area is 210 Å². The molecule has 0 atom stereocenters. The fourth-order valence-corrected chi connectivity index (χ4v) is 6.71. The van der Waals surface area contributed by atoms with E-state index in [4.69, 9.17) is 9.84 Å². The van der Waals surface area contributed by atoms with Gasteiger partial charge in [-0.25, -0.2) is 4.68 Å². The molecular formula is C28H42N6O. The van der Waals surface area contributed by atoms with Crippen molar-refractivity contribution in [2.24, 2.45) is 10.8 Å². The van der Waals surface area contributed by atoms with Crippen LogP contribution in [-0.2, 0) is 10.2 Å². The van der Waals surface area contributed by atoms with E-state index >= 15 is 0 Å². The highest BCUT2D eigenvalue weighted by Gasteiger charge is 2.43. The van der Waals surface area contributed by atoms with Gasteiger partial charge in [0.1, 0.15) is 0 Å². The molecule has 7 heteroatoms. The maximum atomic E-state index is 5.72. The Morgan fingerprint density at radius 1 is 1.03 bits per heavy atom. The van der Waals surface area contributed by atoms with Gasteiger partial charge in [0, 0.05) is 30.7 Å². The van der Waals surface area contributed by atoms with Gasteiger partial charge in [0.25, 0.3) is 0 Å². The molecule has 1 N–H and O–H groups in total. The number of nitrogens with zero attached hydrogens (tertiary/aromatic N) is 5. The van der Waals surface area contributed by atoms with E-state index in [-0.39, 0.29) is 5.41 Å². The summed E-state index contributed by atoms with van der Waals surface area (Å²) in [5.74, 6) is 0.872. The predicted octanol–water partition coefficient (Wildman–Crippen LogP) is 4.89. The average Bonchev–Trinajstić information content (AvgIpc) is 3.24. The van der Waals surface area contributed by atoms with Crippen molar-refractivity contribution < 1.29 is 4.74 Å². The summed E-state index contributed by atoms with van der Waals surface area (Å²) in [6.07, 6.45) is 13.1. The second-order valence-electron chi connectivity index (χ2n) is 12.8. The fraction of sp³-hybridized carbons (Fsp3) is 0.750. The van der Waals surface area contributed by atoms with Crippen LogP contribution in [0, 0.1) is 17.8 Å². The Bertz CT molecular complexity index is 1040. The van der Waals surface area contributed by atoms with Crippen molar-refractivity contribution in [3.63, 3.8) is 0 Å². The minimum absolute atomic E-state index is 0.256. The van der Waals surface area contributed by atoms with Crippen molar-refractivity contribution in [2.45, 2.75) is 90.0 Å². The zero-order chi connectivity index (χ0) is 24.1. The van der Waals surface area contributed by atoms with Gasteiger partial charge in [-0.3, -0.25) is 0 Å². The Hall–Kier alpha value is -1.99.